The topological polar surface area (TPSA) is 169 Å². The molecule has 1 aromatic rings. The molecule has 1 heterocycles. The summed E-state index contributed by atoms with van der Waals surface area (Å²) in [7, 11) is 0. The van der Waals surface area contributed by atoms with Crippen LogP contribution in [0, 0.1) is 0 Å². The van der Waals surface area contributed by atoms with Crippen molar-refractivity contribution >= 4 is 30.0 Å². The molecule has 0 radical (unpaired) electrons. The van der Waals surface area contributed by atoms with Crippen molar-refractivity contribution in [2.24, 2.45) is 5.84 Å². The number of pyridine rings is 1. The van der Waals surface area contributed by atoms with Crippen LogP contribution < -0.4 is 16.6 Å². The van der Waals surface area contributed by atoms with E-state index in [2.05, 4.69) is 22.7 Å². The standard InChI is InChI=1S/C35H63N7O7/c1-11-12-20-40(30(44)47-33(2,3)4)21-13-14-22-41(31(45)48-34(5,6)7)24-16-25-42(32(46)49-35(8,9)10)23-15-19-37-29(43)27-17-18-28(39-36)38-26-27/h17-18,26H,11-16,19-25,36H2,1-10H3,(H,37,43)(H,38,39). The lowest BCUT2D eigenvalue weighted by Crippen LogP contribution is -2.42. The Morgan fingerprint density at radius 2 is 1.06 bits per heavy atom. The number of nitrogens with zero attached hydrogens (tertiary/aromatic N) is 4. The van der Waals surface area contributed by atoms with E-state index in [4.69, 9.17) is 20.1 Å². The fourth-order valence-corrected chi connectivity index (χ4v) is 4.46. The number of nitrogen functional groups attached to an aromatic ring is 1. The van der Waals surface area contributed by atoms with E-state index in [1.807, 2.05) is 41.5 Å². The summed E-state index contributed by atoms with van der Waals surface area (Å²) in [5.41, 5.74) is 0.873. The van der Waals surface area contributed by atoms with Gasteiger partial charge >= 0.3 is 18.3 Å². The first kappa shape index (κ1) is 43.2. The lowest BCUT2D eigenvalue weighted by molar-refractivity contribution is 0.0182. The summed E-state index contributed by atoms with van der Waals surface area (Å²) >= 11 is 0. The number of anilines is 1. The maximum Gasteiger partial charge on any atom is 0.410 e. The van der Waals surface area contributed by atoms with E-state index >= 15 is 0 Å². The number of hydrogen-bond donors (Lipinski definition) is 3. The van der Waals surface area contributed by atoms with E-state index in [0.29, 0.717) is 82.9 Å². The average molecular weight is 694 g/mol. The summed E-state index contributed by atoms with van der Waals surface area (Å²) in [6, 6.07) is 3.22. The van der Waals surface area contributed by atoms with E-state index in [1.54, 1.807) is 47.6 Å². The molecular weight excluding hydrogens is 630 g/mol. The second-order valence-electron chi connectivity index (χ2n) is 15.0. The van der Waals surface area contributed by atoms with Crippen LogP contribution >= 0.6 is 0 Å². The van der Waals surface area contributed by atoms with Crippen LogP contribution in [0.3, 0.4) is 0 Å². The first-order chi connectivity index (χ1) is 22.7. The number of carbonyl (C=O) groups is 4. The third kappa shape index (κ3) is 19.7. The first-order valence-electron chi connectivity index (χ1n) is 17.4. The van der Waals surface area contributed by atoms with Gasteiger partial charge in [-0.25, -0.2) is 25.2 Å². The maximum atomic E-state index is 13.2. The van der Waals surface area contributed by atoms with E-state index in [9.17, 15) is 19.2 Å². The highest BCUT2D eigenvalue weighted by Crippen LogP contribution is 2.15. The Labute approximate surface area is 293 Å². The third-order valence-electron chi connectivity index (χ3n) is 6.76. The van der Waals surface area contributed by atoms with Crippen LogP contribution in [-0.4, -0.2) is 106 Å². The predicted octanol–water partition coefficient (Wildman–Crippen LogP) is 6.17. The molecule has 0 saturated heterocycles. The average Bonchev–Trinajstić information content (AvgIpc) is 2.97. The highest BCUT2D eigenvalue weighted by molar-refractivity contribution is 5.94. The number of nitrogens with two attached hydrogens (primary N) is 1. The number of hydrazine groups is 1. The zero-order valence-corrected chi connectivity index (χ0v) is 31.6. The molecule has 0 aliphatic heterocycles. The van der Waals surface area contributed by atoms with Crippen molar-refractivity contribution in [2.45, 2.75) is 125 Å². The van der Waals surface area contributed by atoms with Crippen molar-refractivity contribution in [3.8, 4) is 0 Å². The Balaban J connectivity index is 2.84. The third-order valence-corrected chi connectivity index (χ3v) is 6.76. The lowest BCUT2D eigenvalue weighted by atomic mass is 10.2. The van der Waals surface area contributed by atoms with Gasteiger partial charge in [0.1, 0.15) is 22.6 Å². The second-order valence-corrected chi connectivity index (χ2v) is 15.0. The summed E-state index contributed by atoms with van der Waals surface area (Å²) in [6.07, 6.45) is 4.34. The minimum absolute atomic E-state index is 0.285. The lowest BCUT2D eigenvalue weighted by Gasteiger charge is -2.30. The van der Waals surface area contributed by atoms with Crippen LogP contribution in [0.25, 0.3) is 0 Å². The molecule has 4 N–H and O–H groups in total. The SMILES string of the molecule is CCCCN(CCCCN(CCCN(CCCNC(=O)c1ccc(NN)nc1)C(=O)OC(C)(C)C)C(=O)OC(C)(C)C)C(=O)OC(C)(C)C. The molecule has 0 aromatic carbocycles. The highest BCUT2D eigenvalue weighted by atomic mass is 16.6. The van der Waals surface area contributed by atoms with Crippen LogP contribution in [0.15, 0.2) is 18.3 Å². The normalized spacial score (nSPS) is 11.7. The van der Waals surface area contributed by atoms with E-state index in [-0.39, 0.29) is 12.0 Å². The van der Waals surface area contributed by atoms with Gasteiger partial charge in [0, 0.05) is 52.0 Å². The smallest absolute Gasteiger partial charge is 0.410 e. The number of nitrogens with one attached hydrogen (secondary N) is 2. The zero-order chi connectivity index (χ0) is 37.3. The van der Waals surface area contributed by atoms with Crippen LogP contribution in [0.5, 0.6) is 0 Å². The molecular formula is C35H63N7O7. The minimum Gasteiger partial charge on any atom is -0.444 e. The van der Waals surface area contributed by atoms with Gasteiger partial charge in [0.15, 0.2) is 0 Å². The Morgan fingerprint density at radius 1 is 0.653 bits per heavy atom. The van der Waals surface area contributed by atoms with Gasteiger partial charge in [-0.15, -0.1) is 0 Å². The Hall–Kier alpha value is -3.81. The Bertz CT molecular complexity index is 1160. The maximum absolute atomic E-state index is 13.2. The molecule has 0 aliphatic rings. The summed E-state index contributed by atoms with van der Waals surface area (Å²) in [5.74, 6) is 5.49. The van der Waals surface area contributed by atoms with Gasteiger partial charge in [0.05, 0.1) is 5.56 Å². The predicted molar refractivity (Wildman–Crippen MR) is 191 cm³/mol. The molecule has 49 heavy (non-hydrogen) atoms. The summed E-state index contributed by atoms with van der Waals surface area (Å²) in [4.78, 5) is 60.6. The molecule has 280 valence electrons. The van der Waals surface area contributed by atoms with E-state index < -0.39 is 29.0 Å². The molecule has 0 atom stereocenters. The van der Waals surface area contributed by atoms with Gasteiger partial charge in [0.2, 0.25) is 0 Å². The fraction of sp³-hybridized carbons (Fsp3) is 0.743. The van der Waals surface area contributed by atoms with Gasteiger partial charge in [-0.2, -0.15) is 0 Å². The van der Waals surface area contributed by atoms with Crippen LogP contribution in [-0.2, 0) is 14.2 Å². The molecule has 1 rings (SSSR count). The van der Waals surface area contributed by atoms with E-state index in [0.717, 1.165) is 12.8 Å². The van der Waals surface area contributed by atoms with Gasteiger partial charge in [-0.3, -0.25) is 4.79 Å². The summed E-state index contributed by atoms with van der Waals surface area (Å²) < 4.78 is 16.9. The fourth-order valence-electron chi connectivity index (χ4n) is 4.46. The Morgan fingerprint density at radius 3 is 1.43 bits per heavy atom. The number of rotatable bonds is 18. The van der Waals surface area contributed by atoms with Crippen molar-refractivity contribution in [1.82, 2.24) is 25.0 Å². The van der Waals surface area contributed by atoms with Crippen LogP contribution in [0.4, 0.5) is 20.2 Å². The van der Waals surface area contributed by atoms with Gasteiger partial charge < -0.3 is 39.7 Å². The van der Waals surface area contributed by atoms with Crippen molar-refractivity contribution in [3.63, 3.8) is 0 Å². The van der Waals surface area contributed by atoms with E-state index in [1.165, 1.54) is 6.20 Å². The van der Waals surface area contributed by atoms with Gasteiger partial charge in [-0.05, 0) is 107 Å². The molecule has 0 bridgehead atoms. The van der Waals surface area contributed by atoms with Gasteiger partial charge in [0.25, 0.3) is 5.91 Å². The van der Waals surface area contributed by atoms with Crippen LogP contribution in [0.2, 0.25) is 0 Å². The first-order valence-corrected chi connectivity index (χ1v) is 17.4. The van der Waals surface area contributed by atoms with Crippen molar-refractivity contribution in [3.05, 3.63) is 23.9 Å². The number of ether oxygens (including phenoxy) is 3. The van der Waals surface area contributed by atoms with Crippen molar-refractivity contribution in [1.29, 1.82) is 0 Å². The monoisotopic (exact) mass is 693 g/mol. The van der Waals surface area contributed by atoms with Crippen molar-refractivity contribution < 1.29 is 33.4 Å². The molecule has 14 nitrogen and oxygen atoms in total. The highest BCUT2D eigenvalue weighted by Gasteiger charge is 2.26. The van der Waals surface area contributed by atoms with Crippen molar-refractivity contribution in [2.75, 3.05) is 51.2 Å². The molecule has 14 heteroatoms. The summed E-state index contributed by atoms with van der Waals surface area (Å²) in [6.45, 7) is 21.4. The number of hydrogen-bond acceptors (Lipinski definition) is 10. The molecule has 0 fully saturated rings. The largest absolute Gasteiger partial charge is 0.444 e. The zero-order valence-electron chi connectivity index (χ0n) is 31.6. The molecule has 0 saturated carbocycles. The van der Waals surface area contributed by atoms with Gasteiger partial charge in [-0.1, -0.05) is 13.3 Å². The number of aromatic nitrogens is 1. The summed E-state index contributed by atoms with van der Waals surface area (Å²) in [5, 5.41) is 2.84. The molecule has 0 aliphatic carbocycles. The molecule has 4 amide bonds. The molecule has 1 aromatic heterocycles. The molecule has 0 spiro atoms. The molecule has 0 unspecified atom stereocenters. The minimum atomic E-state index is -0.687. The number of unbranched alkanes of at least 4 members (excludes halogenated alkanes) is 2. The number of amides is 4. The quantitative estimate of drug-likeness (QED) is 0.0700. The second kappa shape index (κ2) is 20.6. The van der Waals surface area contributed by atoms with Crippen LogP contribution in [0.1, 0.15) is 118 Å². The number of carbonyl (C=O) groups excluding carboxylic acids is 4. The Kier molecular flexibility index (Phi) is 18.2.